The Morgan fingerprint density at radius 3 is 2.69 bits per heavy atom. The summed E-state index contributed by atoms with van der Waals surface area (Å²) in [6.07, 6.45) is 6.27. The van der Waals surface area contributed by atoms with E-state index in [-0.39, 0.29) is 12.2 Å². The minimum Gasteiger partial charge on any atom is -0.382 e. The minimum atomic E-state index is -0.130. The number of aromatic nitrogens is 1. The highest BCUT2D eigenvalue weighted by Crippen LogP contribution is 2.44. The third-order valence-electron chi connectivity index (χ3n) is 7.29. The van der Waals surface area contributed by atoms with Gasteiger partial charge < -0.3 is 9.47 Å². The fourth-order valence-electron chi connectivity index (χ4n) is 5.64. The highest BCUT2D eigenvalue weighted by molar-refractivity contribution is 5.82. The summed E-state index contributed by atoms with van der Waals surface area (Å²) in [5.41, 5.74) is 3.39. The van der Waals surface area contributed by atoms with E-state index >= 15 is 0 Å². The Morgan fingerprint density at radius 2 is 1.94 bits per heavy atom. The van der Waals surface area contributed by atoms with Crippen molar-refractivity contribution in [2.75, 3.05) is 26.8 Å². The van der Waals surface area contributed by atoms with E-state index in [0.29, 0.717) is 24.5 Å². The largest absolute Gasteiger partial charge is 0.382 e. The normalized spacial score (nSPS) is 26.7. The highest BCUT2D eigenvalue weighted by atomic mass is 16.5. The number of benzene rings is 2. The SMILES string of the molecule is C=C[C@H]1CN2CC[C@H]1C[C@@H]2[C@H](O[C@@H](COC)c1ccccc1)c1ccnc2ccccc12. The van der Waals surface area contributed by atoms with Crippen LogP contribution in [0.1, 0.15) is 36.2 Å². The van der Waals surface area contributed by atoms with E-state index in [4.69, 9.17) is 9.47 Å². The molecule has 0 saturated carbocycles. The van der Waals surface area contributed by atoms with Crippen LogP contribution in [0.15, 0.2) is 79.5 Å². The molecule has 6 atom stereocenters. The van der Waals surface area contributed by atoms with Crippen LogP contribution in [0.2, 0.25) is 0 Å². The average molecular weight is 429 g/mol. The first kappa shape index (κ1) is 21.3. The van der Waals surface area contributed by atoms with Crippen molar-refractivity contribution >= 4 is 10.9 Å². The molecule has 0 N–H and O–H groups in total. The molecule has 3 aliphatic rings. The Labute approximate surface area is 190 Å². The molecule has 3 aliphatic heterocycles. The molecule has 0 amide bonds. The second kappa shape index (κ2) is 9.53. The van der Waals surface area contributed by atoms with Crippen molar-refractivity contribution in [3.63, 3.8) is 0 Å². The molecule has 2 bridgehead atoms. The molecular weight excluding hydrogens is 396 g/mol. The first-order chi connectivity index (χ1) is 15.8. The van der Waals surface area contributed by atoms with Crippen LogP contribution in [0.5, 0.6) is 0 Å². The maximum Gasteiger partial charge on any atom is 0.107 e. The number of rotatable bonds is 8. The van der Waals surface area contributed by atoms with Crippen LogP contribution in [0, 0.1) is 11.8 Å². The third kappa shape index (κ3) is 4.11. The fraction of sp³-hybridized carbons (Fsp3) is 0.393. The van der Waals surface area contributed by atoms with E-state index in [1.54, 1.807) is 7.11 Å². The van der Waals surface area contributed by atoms with Gasteiger partial charge in [-0.15, -0.1) is 6.58 Å². The Kier molecular flexibility index (Phi) is 6.35. The van der Waals surface area contributed by atoms with Gasteiger partial charge in [-0.25, -0.2) is 0 Å². The predicted octanol–water partition coefficient (Wildman–Crippen LogP) is 5.58. The molecule has 4 nitrogen and oxygen atoms in total. The van der Waals surface area contributed by atoms with E-state index in [9.17, 15) is 0 Å². The van der Waals surface area contributed by atoms with Gasteiger partial charge in [-0.2, -0.15) is 0 Å². The van der Waals surface area contributed by atoms with Crippen molar-refractivity contribution in [3.05, 3.63) is 90.6 Å². The Morgan fingerprint density at radius 1 is 1.12 bits per heavy atom. The molecule has 2 aromatic carbocycles. The maximum atomic E-state index is 7.01. The van der Waals surface area contributed by atoms with Crippen molar-refractivity contribution in [1.29, 1.82) is 0 Å². The monoisotopic (exact) mass is 428 g/mol. The molecule has 4 heterocycles. The van der Waals surface area contributed by atoms with Gasteiger partial charge in [0, 0.05) is 31.3 Å². The first-order valence-electron chi connectivity index (χ1n) is 11.7. The summed E-state index contributed by atoms with van der Waals surface area (Å²) in [6.45, 7) is 6.82. The number of methoxy groups -OCH3 is 1. The third-order valence-corrected chi connectivity index (χ3v) is 7.29. The fourth-order valence-corrected chi connectivity index (χ4v) is 5.64. The van der Waals surface area contributed by atoms with Crippen LogP contribution in [-0.2, 0) is 9.47 Å². The van der Waals surface area contributed by atoms with Crippen molar-refractivity contribution in [1.82, 2.24) is 9.88 Å². The van der Waals surface area contributed by atoms with Crippen LogP contribution in [-0.4, -0.2) is 42.7 Å². The molecule has 0 spiro atoms. The molecule has 0 aliphatic carbocycles. The van der Waals surface area contributed by atoms with Gasteiger partial charge in [0.25, 0.3) is 0 Å². The van der Waals surface area contributed by atoms with Crippen molar-refractivity contribution < 1.29 is 9.47 Å². The maximum absolute atomic E-state index is 7.01. The highest BCUT2D eigenvalue weighted by Gasteiger charge is 2.44. The number of hydrogen-bond acceptors (Lipinski definition) is 4. The summed E-state index contributed by atoms with van der Waals surface area (Å²) >= 11 is 0. The van der Waals surface area contributed by atoms with Gasteiger partial charge >= 0.3 is 0 Å². The lowest BCUT2D eigenvalue weighted by molar-refractivity contribution is -0.116. The number of hydrogen-bond donors (Lipinski definition) is 0. The number of para-hydroxylation sites is 1. The molecule has 32 heavy (non-hydrogen) atoms. The van der Waals surface area contributed by atoms with Crippen LogP contribution in [0.3, 0.4) is 0 Å². The summed E-state index contributed by atoms with van der Waals surface area (Å²) in [7, 11) is 1.75. The van der Waals surface area contributed by atoms with Gasteiger partial charge in [-0.1, -0.05) is 54.6 Å². The minimum absolute atomic E-state index is 0.0585. The van der Waals surface area contributed by atoms with E-state index in [2.05, 4.69) is 71.1 Å². The Balaban J connectivity index is 1.55. The molecule has 1 unspecified atom stereocenters. The van der Waals surface area contributed by atoms with Gasteiger partial charge in [0.05, 0.1) is 18.2 Å². The van der Waals surface area contributed by atoms with Gasteiger partial charge in [-0.3, -0.25) is 9.88 Å². The van der Waals surface area contributed by atoms with E-state index < -0.39 is 0 Å². The zero-order valence-corrected chi connectivity index (χ0v) is 18.8. The van der Waals surface area contributed by atoms with Crippen molar-refractivity contribution in [2.45, 2.75) is 31.1 Å². The van der Waals surface area contributed by atoms with Crippen molar-refractivity contribution in [2.24, 2.45) is 11.8 Å². The second-order valence-electron chi connectivity index (χ2n) is 9.07. The number of piperidine rings is 3. The van der Waals surface area contributed by atoms with Crippen molar-refractivity contribution in [3.8, 4) is 0 Å². The number of nitrogens with zero attached hydrogens (tertiary/aromatic N) is 2. The van der Waals surface area contributed by atoms with Gasteiger partial charge in [-0.05, 0) is 54.5 Å². The summed E-state index contributed by atoms with van der Waals surface area (Å²) in [5, 5.41) is 1.17. The molecule has 6 rings (SSSR count). The molecule has 3 saturated heterocycles. The zero-order chi connectivity index (χ0) is 21.9. The summed E-state index contributed by atoms with van der Waals surface area (Å²) in [5.74, 6) is 1.26. The molecule has 3 aromatic rings. The molecule has 4 heteroatoms. The van der Waals surface area contributed by atoms with Gasteiger partial charge in [0.2, 0.25) is 0 Å². The van der Waals surface area contributed by atoms with Gasteiger partial charge in [0.15, 0.2) is 0 Å². The molecular formula is C28H32N2O2. The lowest BCUT2D eigenvalue weighted by Gasteiger charge is -2.51. The van der Waals surface area contributed by atoms with E-state index in [1.807, 2.05) is 18.3 Å². The number of ether oxygens (including phenoxy) is 2. The number of fused-ring (bicyclic) bond motifs is 4. The first-order valence-corrected chi connectivity index (χ1v) is 11.7. The smallest absolute Gasteiger partial charge is 0.107 e. The summed E-state index contributed by atoms with van der Waals surface area (Å²) in [4.78, 5) is 7.24. The summed E-state index contributed by atoms with van der Waals surface area (Å²) in [6, 6.07) is 21.3. The van der Waals surface area contributed by atoms with E-state index in [0.717, 1.165) is 30.6 Å². The molecule has 0 radical (unpaired) electrons. The van der Waals surface area contributed by atoms with Crippen LogP contribution in [0.4, 0.5) is 0 Å². The quantitative estimate of drug-likeness (QED) is 0.439. The lowest BCUT2D eigenvalue weighted by atomic mass is 9.73. The summed E-state index contributed by atoms with van der Waals surface area (Å²) < 4.78 is 12.6. The van der Waals surface area contributed by atoms with E-state index in [1.165, 1.54) is 17.4 Å². The molecule has 3 fully saturated rings. The van der Waals surface area contributed by atoms with Crippen LogP contribution >= 0.6 is 0 Å². The predicted molar refractivity (Wildman–Crippen MR) is 128 cm³/mol. The number of pyridine rings is 1. The van der Waals surface area contributed by atoms with Gasteiger partial charge in [0.1, 0.15) is 6.10 Å². The van der Waals surface area contributed by atoms with Crippen LogP contribution in [0.25, 0.3) is 10.9 Å². The van der Waals surface area contributed by atoms with Crippen LogP contribution < -0.4 is 0 Å². The average Bonchev–Trinajstić information content (AvgIpc) is 2.87. The topological polar surface area (TPSA) is 34.6 Å². The zero-order valence-electron chi connectivity index (χ0n) is 18.8. The lowest BCUT2D eigenvalue weighted by Crippen LogP contribution is -2.55. The molecule has 166 valence electrons. The Bertz CT molecular complexity index is 1050. The second-order valence-corrected chi connectivity index (χ2v) is 9.07. The standard InChI is InChI=1S/C28H32N2O2/c1-3-20-18-30-16-14-22(20)17-26(30)28(24-13-15-29-25-12-8-7-11-23(24)25)32-27(19-31-2)21-9-5-4-6-10-21/h3-13,15,20,22,26-28H,1,14,16-19H2,2H3/t20-,22-,26+,27-,28+/m0/s1. The Hall–Kier alpha value is -2.53. The molecule has 1 aromatic heterocycles.